The van der Waals surface area contributed by atoms with Crippen molar-refractivity contribution in [3.63, 3.8) is 0 Å². The first kappa shape index (κ1) is 9.01. The maximum absolute atomic E-state index is 3.51. The largest absolute Gasteiger partial charge is 0.317 e. The molecule has 0 saturated heterocycles. The van der Waals surface area contributed by atoms with Crippen molar-refractivity contribution < 1.29 is 0 Å². The van der Waals surface area contributed by atoms with Crippen molar-refractivity contribution >= 4 is 0 Å². The van der Waals surface area contributed by atoms with E-state index in [4.69, 9.17) is 0 Å². The molecule has 0 aromatic rings. The minimum absolute atomic E-state index is 0.757. The molecule has 0 aliphatic heterocycles. The molecule has 0 heterocycles. The highest BCUT2D eigenvalue weighted by molar-refractivity contribution is 4.80. The molecule has 0 amide bonds. The molecule has 2 nitrogen and oxygen atoms in total. The fourth-order valence-electron chi connectivity index (χ4n) is 1.93. The average Bonchev–Trinajstić information content (AvgIpc) is 2.06. The summed E-state index contributed by atoms with van der Waals surface area (Å²) in [4.78, 5) is 0. The van der Waals surface area contributed by atoms with Crippen molar-refractivity contribution in [3.05, 3.63) is 0 Å². The zero-order chi connectivity index (χ0) is 8.10. The lowest BCUT2D eigenvalue weighted by molar-refractivity contribution is 0.317. The van der Waals surface area contributed by atoms with Crippen LogP contribution in [0.1, 0.15) is 32.6 Å². The Morgan fingerprint density at radius 3 is 2.64 bits per heavy atom. The lowest BCUT2D eigenvalue weighted by atomic mass is 9.91. The zero-order valence-electron chi connectivity index (χ0n) is 7.69. The van der Waals surface area contributed by atoms with Gasteiger partial charge in [0.2, 0.25) is 0 Å². The summed E-state index contributed by atoms with van der Waals surface area (Å²) in [5.41, 5.74) is 0. The highest BCUT2D eigenvalue weighted by Crippen LogP contribution is 2.17. The summed E-state index contributed by atoms with van der Waals surface area (Å²) in [7, 11) is 2.07. The lowest BCUT2D eigenvalue weighted by Crippen LogP contribution is -2.40. The van der Waals surface area contributed by atoms with Gasteiger partial charge in [-0.1, -0.05) is 13.3 Å². The van der Waals surface area contributed by atoms with E-state index in [1.165, 1.54) is 25.7 Å². The monoisotopic (exact) mass is 156 g/mol. The Labute approximate surface area is 69.8 Å². The molecule has 0 bridgehead atoms. The number of hydrogen-bond donors (Lipinski definition) is 2. The van der Waals surface area contributed by atoms with Gasteiger partial charge in [-0.05, 0) is 32.9 Å². The lowest BCUT2D eigenvalue weighted by Gasteiger charge is -2.29. The predicted octanol–water partition coefficient (Wildman–Crippen LogP) is 1.13. The molecule has 2 heteroatoms. The van der Waals surface area contributed by atoms with Gasteiger partial charge in [0.1, 0.15) is 0 Å². The Kier molecular flexibility index (Phi) is 3.87. The molecule has 0 unspecified atom stereocenters. The Balaban J connectivity index is 2.21. The number of hydrogen-bond acceptors (Lipinski definition) is 2. The predicted molar refractivity (Wildman–Crippen MR) is 48.8 cm³/mol. The van der Waals surface area contributed by atoms with Gasteiger partial charge >= 0.3 is 0 Å². The highest BCUT2D eigenvalue weighted by Gasteiger charge is 2.19. The van der Waals surface area contributed by atoms with Crippen LogP contribution >= 0.6 is 0 Å². The van der Waals surface area contributed by atoms with Crippen LogP contribution in [0.25, 0.3) is 0 Å². The van der Waals surface area contributed by atoms with Crippen molar-refractivity contribution in [2.75, 3.05) is 13.6 Å². The smallest absolute Gasteiger partial charge is 0.00817 e. The van der Waals surface area contributed by atoms with Crippen molar-refractivity contribution in [2.24, 2.45) is 0 Å². The first-order valence-electron chi connectivity index (χ1n) is 4.77. The van der Waals surface area contributed by atoms with Gasteiger partial charge in [0.05, 0.1) is 0 Å². The molecule has 11 heavy (non-hydrogen) atoms. The standard InChI is InChI=1S/C9H20N2/c1-3-11-9-6-4-5-8(7-9)10-2/h8-11H,3-7H2,1-2H3/t8-,9+/m1/s1. The molecule has 0 spiro atoms. The molecule has 1 aliphatic carbocycles. The van der Waals surface area contributed by atoms with E-state index >= 15 is 0 Å². The van der Waals surface area contributed by atoms with Crippen LogP contribution in [-0.4, -0.2) is 25.7 Å². The molecule has 1 aliphatic rings. The highest BCUT2D eigenvalue weighted by atomic mass is 14.9. The normalized spacial score (nSPS) is 32.2. The van der Waals surface area contributed by atoms with E-state index in [1.807, 2.05) is 0 Å². The van der Waals surface area contributed by atoms with Gasteiger partial charge in [0.25, 0.3) is 0 Å². The summed E-state index contributed by atoms with van der Waals surface area (Å²) in [5, 5.41) is 6.86. The molecule has 1 fully saturated rings. The Bertz CT molecular complexity index is 102. The minimum atomic E-state index is 0.757. The van der Waals surface area contributed by atoms with Gasteiger partial charge in [-0.3, -0.25) is 0 Å². The minimum Gasteiger partial charge on any atom is -0.317 e. The Hall–Kier alpha value is -0.0800. The maximum Gasteiger partial charge on any atom is 0.00817 e. The van der Waals surface area contributed by atoms with Crippen LogP contribution < -0.4 is 10.6 Å². The average molecular weight is 156 g/mol. The second-order valence-electron chi connectivity index (χ2n) is 3.41. The second kappa shape index (κ2) is 4.73. The van der Waals surface area contributed by atoms with Crippen LogP contribution in [0.2, 0.25) is 0 Å². The van der Waals surface area contributed by atoms with E-state index in [2.05, 4.69) is 24.6 Å². The molecule has 66 valence electrons. The summed E-state index contributed by atoms with van der Waals surface area (Å²) in [6.07, 6.45) is 5.41. The molecular formula is C9H20N2. The zero-order valence-corrected chi connectivity index (χ0v) is 7.69. The van der Waals surface area contributed by atoms with Crippen molar-refractivity contribution in [3.8, 4) is 0 Å². The van der Waals surface area contributed by atoms with Gasteiger partial charge < -0.3 is 10.6 Å². The third-order valence-corrected chi connectivity index (χ3v) is 2.58. The Morgan fingerprint density at radius 1 is 1.27 bits per heavy atom. The topological polar surface area (TPSA) is 24.1 Å². The fourth-order valence-corrected chi connectivity index (χ4v) is 1.93. The first-order chi connectivity index (χ1) is 5.36. The van der Waals surface area contributed by atoms with E-state index in [9.17, 15) is 0 Å². The third-order valence-electron chi connectivity index (χ3n) is 2.58. The molecule has 2 atom stereocenters. The van der Waals surface area contributed by atoms with Crippen molar-refractivity contribution in [1.82, 2.24) is 10.6 Å². The molecule has 2 N–H and O–H groups in total. The van der Waals surface area contributed by atoms with E-state index < -0.39 is 0 Å². The van der Waals surface area contributed by atoms with E-state index in [0.717, 1.165) is 18.6 Å². The summed E-state index contributed by atoms with van der Waals surface area (Å²) in [6.45, 7) is 3.30. The van der Waals surface area contributed by atoms with Gasteiger partial charge in [-0.25, -0.2) is 0 Å². The van der Waals surface area contributed by atoms with Crippen LogP contribution in [0, 0.1) is 0 Å². The summed E-state index contributed by atoms with van der Waals surface area (Å²) < 4.78 is 0. The number of nitrogens with one attached hydrogen (secondary N) is 2. The van der Waals surface area contributed by atoms with Crippen LogP contribution in [0.5, 0.6) is 0 Å². The molecule has 0 radical (unpaired) electrons. The summed E-state index contributed by atoms with van der Waals surface area (Å²) >= 11 is 0. The van der Waals surface area contributed by atoms with Crippen molar-refractivity contribution in [1.29, 1.82) is 0 Å². The van der Waals surface area contributed by atoms with E-state index in [0.29, 0.717) is 0 Å². The quantitative estimate of drug-likeness (QED) is 0.640. The summed E-state index contributed by atoms with van der Waals surface area (Å²) in [6, 6.07) is 1.53. The molecular weight excluding hydrogens is 136 g/mol. The van der Waals surface area contributed by atoms with Crippen LogP contribution in [-0.2, 0) is 0 Å². The van der Waals surface area contributed by atoms with Gasteiger partial charge in [0, 0.05) is 12.1 Å². The summed E-state index contributed by atoms with van der Waals surface area (Å²) in [5.74, 6) is 0. The molecule has 0 aromatic heterocycles. The second-order valence-corrected chi connectivity index (χ2v) is 3.41. The van der Waals surface area contributed by atoms with Gasteiger partial charge in [-0.2, -0.15) is 0 Å². The third kappa shape index (κ3) is 2.80. The van der Waals surface area contributed by atoms with Crippen LogP contribution in [0.3, 0.4) is 0 Å². The number of rotatable bonds is 3. The van der Waals surface area contributed by atoms with Crippen LogP contribution in [0.4, 0.5) is 0 Å². The van der Waals surface area contributed by atoms with Crippen LogP contribution in [0.15, 0.2) is 0 Å². The van der Waals surface area contributed by atoms with E-state index in [-0.39, 0.29) is 0 Å². The fraction of sp³-hybridized carbons (Fsp3) is 1.00. The molecule has 1 saturated carbocycles. The van der Waals surface area contributed by atoms with Gasteiger partial charge in [0.15, 0.2) is 0 Å². The SMILES string of the molecule is CCN[C@H]1CCC[C@@H](NC)C1. The maximum atomic E-state index is 3.51. The van der Waals surface area contributed by atoms with E-state index in [1.54, 1.807) is 0 Å². The molecule has 1 rings (SSSR count). The Morgan fingerprint density at radius 2 is 2.00 bits per heavy atom. The van der Waals surface area contributed by atoms with Crippen molar-refractivity contribution in [2.45, 2.75) is 44.7 Å². The molecule has 0 aromatic carbocycles. The van der Waals surface area contributed by atoms with Gasteiger partial charge in [-0.15, -0.1) is 0 Å². The first-order valence-corrected chi connectivity index (χ1v) is 4.77.